The number of rotatable bonds is 5. The lowest BCUT2D eigenvalue weighted by Gasteiger charge is -2.14. The van der Waals surface area contributed by atoms with Crippen LogP contribution >= 0.6 is 0 Å². The highest BCUT2D eigenvalue weighted by Crippen LogP contribution is 2.34. The number of aromatic nitrogens is 3. The summed E-state index contributed by atoms with van der Waals surface area (Å²) in [5.41, 5.74) is 15.5. The molecule has 3 nitrogen and oxygen atoms in total. The maximum Gasteiger partial charge on any atom is 0.160 e. The van der Waals surface area contributed by atoms with Gasteiger partial charge in [-0.1, -0.05) is 90.0 Å². The molecule has 0 saturated heterocycles. The Kier molecular flexibility index (Phi) is 7.31. The highest BCUT2D eigenvalue weighted by atomic mass is 14.9. The normalized spacial score (nSPS) is 11.2. The third-order valence-corrected chi connectivity index (χ3v) is 8.66. The first-order chi connectivity index (χ1) is 21.8. The van der Waals surface area contributed by atoms with Gasteiger partial charge in [0.25, 0.3) is 0 Å². The summed E-state index contributed by atoms with van der Waals surface area (Å²) < 4.78 is 0. The van der Waals surface area contributed by atoms with Gasteiger partial charge >= 0.3 is 0 Å². The van der Waals surface area contributed by atoms with E-state index in [-0.39, 0.29) is 0 Å². The molecule has 0 fully saturated rings. The van der Waals surface area contributed by atoms with Crippen molar-refractivity contribution in [1.29, 1.82) is 0 Å². The van der Waals surface area contributed by atoms with E-state index < -0.39 is 0 Å². The van der Waals surface area contributed by atoms with E-state index in [2.05, 4.69) is 144 Å². The third-order valence-electron chi connectivity index (χ3n) is 8.66. The Morgan fingerprint density at radius 3 is 1.69 bits per heavy atom. The summed E-state index contributed by atoms with van der Waals surface area (Å²) >= 11 is 0. The molecule has 0 aliphatic carbocycles. The van der Waals surface area contributed by atoms with Crippen LogP contribution in [0.4, 0.5) is 0 Å². The molecule has 3 heteroatoms. The van der Waals surface area contributed by atoms with E-state index in [1.54, 1.807) is 0 Å². The van der Waals surface area contributed by atoms with Crippen molar-refractivity contribution in [3.63, 3.8) is 0 Å². The van der Waals surface area contributed by atoms with E-state index >= 15 is 0 Å². The minimum Gasteiger partial charge on any atom is -0.256 e. The zero-order valence-corrected chi connectivity index (χ0v) is 26.4. The Balaban J connectivity index is 1.36. The highest BCUT2D eigenvalue weighted by molar-refractivity contribution is 5.86. The second kappa shape index (κ2) is 11.6. The largest absolute Gasteiger partial charge is 0.256 e. The van der Waals surface area contributed by atoms with E-state index in [4.69, 9.17) is 15.0 Å². The van der Waals surface area contributed by atoms with Crippen molar-refractivity contribution in [2.24, 2.45) is 0 Å². The lowest BCUT2D eigenvalue weighted by atomic mass is 9.95. The maximum atomic E-state index is 5.18. The van der Waals surface area contributed by atoms with E-state index in [9.17, 15) is 0 Å². The quantitative estimate of drug-likeness (QED) is 0.203. The van der Waals surface area contributed by atoms with Crippen LogP contribution in [0.25, 0.3) is 67.1 Å². The van der Waals surface area contributed by atoms with Gasteiger partial charge in [0, 0.05) is 33.8 Å². The van der Waals surface area contributed by atoms with Crippen molar-refractivity contribution in [2.75, 3.05) is 0 Å². The molecular formula is C42H35N3. The summed E-state index contributed by atoms with van der Waals surface area (Å²) in [6.45, 7) is 10.7. The molecule has 5 aromatic carbocycles. The minimum absolute atomic E-state index is 0.719. The van der Waals surface area contributed by atoms with Crippen LogP contribution in [0.1, 0.15) is 27.8 Å². The highest BCUT2D eigenvalue weighted by Gasteiger charge is 2.15. The first-order valence-electron chi connectivity index (χ1n) is 15.4. The van der Waals surface area contributed by atoms with Crippen LogP contribution in [0.3, 0.4) is 0 Å². The maximum absolute atomic E-state index is 5.18. The fraction of sp³-hybridized carbons (Fsp3) is 0.119. The van der Waals surface area contributed by atoms with Crippen molar-refractivity contribution >= 4 is 10.8 Å². The molecule has 7 rings (SSSR count). The standard InChI is InChI=1S/C42H35N3/c1-26-13-15-29(4)37(19-26)40-24-41(38-20-27(2)14-16-30(38)5)45-42(44-40)34-12-8-11-32(21-34)36-22-33(18-17-28(36)3)39-23-31-9-6-7-10-35(31)25-43-39/h6-25H,1-5H3. The second-order valence-electron chi connectivity index (χ2n) is 12.1. The zero-order valence-electron chi connectivity index (χ0n) is 26.4. The average molecular weight is 582 g/mol. The van der Waals surface area contributed by atoms with Gasteiger partial charge < -0.3 is 0 Å². The summed E-state index contributed by atoms with van der Waals surface area (Å²) in [7, 11) is 0. The van der Waals surface area contributed by atoms with Crippen LogP contribution in [0, 0.1) is 34.6 Å². The van der Waals surface area contributed by atoms with E-state index in [0.717, 1.165) is 56.1 Å². The Morgan fingerprint density at radius 2 is 1.00 bits per heavy atom. The third kappa shape index (κ3) is 5.65. The molecule has 0 bridgehead atoms. The van der Waals surface area contributed by atoms with Crippen LogP contribution in [-0.2, 0) is 0 Å². The van der Waals surface area contributed by atoms with Gasteiger partial charge in [-0.3, -0.25) is 4.98 Å². The Morgan fingerprint density at radius 1 is 0.400 bits per heavy atom. The number of hydrogen-bond acceptors (Lipinski definition) is 3. The average Bonchev–Trinajstić information content (AvgIpc) is 3.07. The molecule has 2 heterocycles. The summed E-state index contributed by atoms with van der Waals surface area (Å²) in [5.74, 6) is 0.719. The summed E-state index contributed by atoms with van der Waals surface area (Å²) in [4.78, 5) is 15.2. The molecule has 0 N–H and O–H groups in total. The number of hydrogen-bond donors (Lipinski definition) is 0. The molecule has 0 aliphatic heterocycles. The Labute approximate surface area is 265 Å². The Hall–Kier alpha value is -5.41. The molecule has 0 radical (unpaired) electrons. The number of nitrogens with zero attached hydrogens (tertiary/aromatic N) is 3. The monoisotopic (exact) mass is 581 g/mol. The predicted octanol–water partition coefficient (Wildman–Crippen LogP) is 10.9. The van der Waals surface area contributed by atoms with Gasteiger partial charge in [0.2, 0.25) is 0 Å². The summed E-state index contributed by atoms with van der Waals surface area (Å²) in [6.07, 6.45) is 1.96. The van der Waals surface area contributed by atoms with Gasteiger partial charge in [-0.15, -0.1) is 0 Å². The van der Waals surface area contributed by atoms with E-state index in [0.29, 0.717) is 0 Å². The van der Waals surface area contributed by atoms with Crippen molar-refractivity contribution < 1.29 is 0 Å². The summed E-state index contributed by atoms with van der Waals surface area (Å²) in [5, 5.41) is 2.33. The molecule has 0 atom stereocenters. The van der Waals surface area contributed by atoms with Gasteiger partial charge in [-0.2, -0.15) is 0 Å². The van der Waals surface area contributed by atoms with Crippen LogP contribution in [0.5, 0.6) is 0 Å². The zero-order chi connectivity index (χ0) is 31.1. The fourth-order valence-electron chi connectivity index (χ4n) is 6.04. The SMILES string of the molecule is Cc1ccc(C)c(-c2cc(-c3cc(C)ccc3C)nc(-c3cccc(-c4cc(-c5cc6ccccc6cn5)ccc4C)c3)n2)c1. The van der Waals surface area contributed by atoms with Gasteiger partial charge in [0.05, 0.1) is 17.1 Å². The van der Waals surface area contributed by atoms with Gasteiger partial charge in [0.15, 0.2) is 5.82 Å². The number of aryl methyl sites for hydroxylation is 5. The number of fused-ring (bicyclic) bond motifs is 1. The molecule has 0 saturated carbocycles. The van der Waals surface area contributed by atoms with E-state index in [1.807, 2.05) is 12.3 Å². The van der Waals surface area contributed by atoms with E-state index in [1.165, 1.54) is 38.8 Å². The van der Waals surface area contributed by atoms with Crippen molar-refractivity contribution in [3.8, 4) is 56.3 Å². The molecule has 2 aromatic heterocycles. The van der Waals surface area contributed by atoms with Gasteiger partial charge in [-0.25, -0.2) is 9.97 Å². The Bertz CT molecular complexity index is 2160. The van der Waals surface area contributed by atoms with Gasteiger partial charge in [-0.05, 0) is 104 Å². The first-order valence-corrected chi connectivity index (χ1v) is 15.4. The van der Waals surface area contributed by atoms with Crippen molar-refractivity contribution in [2.45, 2.75) is 34.6 Å². The van der Waals surface area contributed by atoms with Crippen LogP contribution in [0.2, 0.25) is 0 Å². The molecule has 45 heavy (non-hydrogen) atoms. The molecule has 218 valence electrons. The molecular weight excluding hydrogens is 546 g/mol. The smallest absolute Gasteiger partial charge is 0.160 e. The summed E-state index contributed by atoms with van der Waals surface area (Å²) in [6, 6.07) is 41.0. The first kappa shape index (κ1) is 28.4. The topological polar surface area (TPSA) is 38.7 Å². The molecule has 0 amide bonds. The van der Waals surface area contributed by atoms with Crippen LogP contribution in [-0.4, -0.2) is 15.0 Å². The number of pyridine rings is 1. The molecule has 7 aromatic rings. The molecule has 0 unspecified atom stereocenters. The van der Waals surface area contributed by atoms with Crippen molar-refractivity contribution in [1.82, 2.24) is 15.0 Å². The lowest BCUT2D eigenvalue weighted by Crippen LogP contribution is -1.98. The van der Waals surface area contributed by atoms with Gasteiger partial charge in [0.1, 0.15) is 0 Å². The lowest BCUT2D eigenvalue weighted by molar-refractivity contribution is 1.17. The predicted molar refractivity (Wildman–Crippen MR) is 188 cm³/mol. The fourth-order valence-corrected chi connectivity index (χ4v) is 6.04. The van der Waals surface area contributed by atoms with Crippen molar-refractivity contribution in [3.05, 3.63) is 149 Å². The minimum atomic E-state index is 0.719. The number of benzene rings is 5. The second-order valence-corrected chi connectivity index (χ2v) is 12.1. The molecule has 0 aliphatic rings. The van der Waals surface area contributed by atoms with Crippen LogP contribution < -0.4 is 0 Å². The van der Waals surface area contributed by atoms with Crippen LogP contribution in [0.15, 0.2) is 121 Å². The molecule has 0 spiro atoms.